The van der Waals surface area contributed by atoms with Crippen molar-refractivity contribution in [1.82, 2.24) is 4.57 Å². The molecule has 2 N–H and O–H groups in total. The maximum absolute atomic E-state index is 12.2. The minimum atomic E-state index is -0.415. The molecule has 31 heavy (non-hydrogen) atoms. The van der Waals surface area contributed by atoms with Gasteiger partial charge in [-0.05, 0) is 48.2 Å². The number of thiophene rings is 1. The van der Waals surface area contributed by atoms with Gasteiger partial charge in [-0.1, -0.05) is 42.5 Å². The van der Waals surface area contributed by atoms with Crippen molar-refractivity contribution in [1.29, 1.82) is 0 Å². The van der Waals surface area contributed by atoms with Gasteiger partial charge >= 0.3 is 0 Å². The summed E-state index contributed by atoms with van der Waals surface area (Å²) in [6.45, 7) is 3.23. The molecule has 5 rings (SSSR count). The second kappa shape index (κ2) is 7.93. The second-order valence-corrected chi connectivity index (χ2v) is 8.35. The third kappa shape index (κ3) is 3.37. The molecular weight excluding hydrogens is 404 g/mol. The predicted octanol–water partition coefficient (Wildman–Crippen LogP) is 6.07. The quantitative estimate of drug-likeness (QED) is 0.358. The molecule has 154 valence electrons. The molecule has 2 heterocycles. The van der Waals surface area contributed by atoms with E-state index in [2.05, 4.69) is 52.4 Å². The highest BCUT2D eigenvalue weighted by atomic mass is 32.1. The third-order valence-corrected chi connectivity index (χ3v) is 6.48. The van der Waals surface area contributed by atoms with Crippen molar-refractivity contribution in [2.45, 2.75) is 13.5 Å². The highest BCUT2D eigenvalue weighted by Gasteiger charge is 2.18. The molecule has 0 spiro atoms. The van der Waals surface area contributed by atoms with Crippen molar-refractivity contribution < 1.29 is 9.53 Å². The molecule has 0 unspecified atom stereocenters. The minimum absolute atomic E-state index is 0.415. The van der Waals surface area contributed by atoms with Gasteiger partial charge in [0.15, 0.2) is 0 Å². The van der Waals surface area contributed by atoms with Crippen LogP contribution in [0.2, 0.25) is 0 Å². The maximum Gasteiger partial charge on any atom is 0.249 e. The molecule has 0 saturated heterocycles. The summed E-state index contributed by atoms with van der Waals surface area (Å²) in [4.78, 5) is 13.4. The summed E-state index contributed by atoms with van der Waals surface area (Å²) in [7, 11) is 0. The first-order chi connectivity index (χ1) is 15.2. The van der Waals surface area contributed by atoms with Crippen LogP contribution in [-0.4, -0.2) is 17.1 Å². The van der Waals surface area contributed by atoms with Gasteiger partial charge in [0.05, 0.1) is 24.2 Å². The van der Waals surface area contributed by atoms with Crippen LogP contribution >= 0.6 is 11.3 Å². The Labute approximate surface area is 184 Å². The Bertz CT molecular complexity index is 1400. The molecular formula is C26H22N2O2S. The predicted molar refractivity (Wildman–Crippen MR) is 128 cm³/mol. The van der Waals surface area contributed by atoms with E-state index in [1.165, 1.54) is 4.88 Å². The summed E-state index contributed by atoms with van der Waals surface area (Å²) in [6.07, 6.45) is 0. The molecule has 0 aliphatic carbocycles. The van der Waals surface area contributed by atoms with Crippen LogP contribution in [0, 0.1) is 0 Å². The number of carbonyl (C=O) groups is 1. The maximum atomic E-state index is 12.2. The number of rotatable bonds is 6. The van der Waals surface area contributed by atoms with E-state index in [0.29, 0.717) is 18.7 Å². The number of nitrogens with zero attached hydrogens (tertiary/aromatic N) is 1. The lowest BCUT2D eigenvalue weighted by Crippen LogP contribution is -2.11. The third-order valence-electron chi connectivity index (χ3n) is 5.56. The molecule has 4 nitrogen and oxygen atoms in total. The van der Waals surface area contributed by atoms with Crippen LogP contribution in [-0.2, 0) is 6.54 Å². The largest absolute Gasteiger partial charge is 0.494 e. The Hall–Kier alpha value is -3.57. The number of hydrogen-bond donors (Lipinski definition) is 1. The first-order valence-corrected chi connectivity index (χ1v) is 11.1. The van der Waals surface area contributed by atoms with Crippen LogP contribution in [0.4, 0.5) is 0 Å². The van der Waals surface area contributed by atoms with E-state index in [0.717, 1.165) is 38.7 Å². The fraction of sp³-hybridized carbons (Fsp3) is 0.115. The van der Waals surface area contributed by atoms with E-state index in [1.807, 2.05) is 31.2 Å². The summed E-state index contributed by atoms with van der Waals surface area (Å²) >= 11 is 1.72. The molecule has 0 radical (unpaired) electrons. The van der Waals surface area contributed by atoms with E-state index in [9.17, 15) is 4.79 Å². The van der Waals surface area contributed by atoms with E-state index < -0.39 is 5.91 Å². The van der Waals surface area contributed by atoms with Crippen molar-refractivity contribution in [3.63, 3.8) is 0 Å². The molecule has 0 atom stereocenters. The average molecular weight is 427 g/mol. The number of amides is 1. The highest BCUT2D eigenvalue weighted by molar-refractivity contribution is 7.13. The van der Waals surface area contributed by atoms with Crippen LogP contribution in [0.5, 0.6) is 5.75 Å². The number of aromatic nitrogens is 1. The Balaban J connectivity index is 1.79. The van der Waals surface area contributed by atoms with Crippen molar-refractivity contribution in [2.75, 3.05) is 6.61 Å². The van der Waals surface area contributed by atoms with Crippen LogP contribution in [0.3, 0.4) is 0 Å². The van der Waals surface area contributed by atoms with Crippen LogP contribution in [0.1, 0.15) is 22.8 Å². The molecule has 0 aliphatic heterocycles. The lowest BCUT2D eigenvalue weighted by molar-refractivity contribution is 0.100. The van der Waals surface area contributed by atoms with Gasteiger partial charge in [-0.2, -0.15) is 0 Å². The zero-order valence-corrected chi connectivity index (χ0v) is 18.0. The number of hydrogen-bond acceptors (Lipinski definition) is 3. The number of primary amides is 1. The van der Waals surface area contributed by atoms with Crippen LogP contribution in [0.25, 0.3) is 32.2 Å². The van der Waals surface area contributed by atoms with Crippen molar-refractivity contribution in [2.24, 2.45) is 5.73 Å². The second-order valence-electron chi connectivity index (χ2n) is 7.40. The SMILES string of the molecule is CCOc1ccccc1Cn1c2cc(-c3cccs3)ccc2c2c(C(N)=O)cccc21. The van der Waals surface area contributed by atoms with E-state index in [1.54, 1.807) is 17.4 Å². The first kappa shape index (κ1) is 19.4. The van der Waals surface area contributed by atoms with Gasteiger partial charge < -0.3 is 15.0 Å². The van der Waals surface area contributed by atoms with Gasteiger partial charge in [0.25, 0.3) is 0 Å². The number of ether oxygens (including phenoxy) is 1. The van der Waals surface area contributed by atoms with Crippen molar-refractivity contribution in [3.05, 3.63) is 89.3 Å². The number of fused-ring (bicyclic) bond motifs is 3. The van der Waals surface area contributed by atoms with Gasteiger partial charge in [-0.25, -0.2) is 0 Å². The van der Waals surface area contributed by atoms with E-state index in [4.69, 9.17) is 10.5 Å². The summed E-state index contributed by atoms with van der Waals surface area (Å²) in [5.41, 5.74) is 10.6. The number of benzene rings is 3. The Morgan fingerprint density at radius 1 is 1.00 bits per heavy atom. The highest BCUT2D eigenvalue weighted by Crippen LogP contribution is 2.36. The topological polar surface area (TPSA) is 57.2 Å². The normalized spacial score (nSPS) is 11.3. The van der Waals surface area contributed by atoms with Gasteiger partial charge in [-0.3, -0.25) is 4.79 Å². The standard InChI is InChI=1S/C26H22N2O2S/c1-2-30-23-10-4-3-7-18(23)16-28-21-9-5-8-20(26(27)29)25(21)19-13-12-17(15-22(19)28)24-11-6-14-31-24/h3-15H,2,16H2,1H3,(H2,27,29). The zero-order chi connectivity index (χ0) is 21.4. The zero-order valence-electron chi connectivity index (χ0n) is 17.2. The van der Waals surface area contributed by atoms with Gasteiger partial charge in [0, 0.05) is 26.8 Å². The van der Waals surface area contributed by atoms with Gasteiger partial charge in [0.2, 0.25) is 5.91 Å². The molecule has 1 amide bonds. The molecule has 0 saturated carbocycles. The lowest BCUT2D eigenvalue weighted by Gasteiger charge is -2.13. The lowest BCUT2D eigenvalue weighted by atomic mass is 10.0. The molecule has 0 aliphatic rings. The van der Waals surface area contributed by atoms with Crippen LogP contribution in [0.15, 0.2) is 78.2 Å². The number of para-hydroxylation sites is 1. The molecule has 0 fully saturated rings. The summed E-state index contributed by atoms with van der Waals surface area (Å²) in [5.74, 6) is 0.460. The number of nitrogens with two attached hydrogens (primary N) is 1. The van der Waals surface area contributed by atoms with Crippen molar-refractivity contribution in [3.8, 4) is 16.2 Å². The molecule has 2 aromatic heterocycles. The van der Waals surface area contributed by atoms with Crippen LogP contribution < -0.4 is 10.5 Å². The minimum Gasteiger partial charge on any atom is -0.494 e. The molecule has 5 heteroatoms. The monoisotopic (exact) mass is 426 g/mol. The fourth-order valence-corrected chi connectivity index (χ4v) is 4.94. The molecule has 0 bridgehead atoms. The van der Waals surface area contributed by atoms with Gasteiger partial charge in [0.1, 0.15) is 5.75 Å². The summed E-state index contributed by atoms with van der Waals surface area (Å²) in [5, 5.41) is 4.01. The fourth-order valence-electron chi connectivity index (χ4n) is 4.22. The summed E-state index contributed by atoms with van der Waals surface area (Å²) in [6, 6.07) is 24.4. The first-order valence-electron chi connectivity index (χ1n) is 10.3. The van der Waals surface area contributed by atoms with Crippen molar-refractivity contribution >= 4 is 39.0 Å². The number of carbonyl (C=O) groups excluding carboxylic acids is 1. The molecule has 3 aromatic carbocycles. The average Bonchev–Trinajstić information content (AvgIpc) is 3.42. The smallest absolute Gasteiger partial charge is 0.249 e. The Morgan fingerprint density at radius 3 is 2.65 bits per heavy atom. The summed E-state index contributed by atoms with van der Waals surface area (Å²) < 4.78 is 8.12. The van der Waals surface area contributed by atoms with Gasteiger partial charge in [-0.15, -0.1) is 11.3 Å². The Morgan fingerprint density at radius 2 is 1.87 bits per heavy atom. The van der Waals surface area contributed by atoms with E-state index in [-0.39, 0.29) is 0 Å². The van der Waals surface area contributed by atoms with E-state index >= 15 is 0 Å². The molecule has 5 aromatic rings. The Kier molecular flexibility index (Phi) is 4.96.